The van der Waals surface area contributed by atoms with Crippen molar-refractivity contribution < 1.29 is 0 Å². The Morgan fingerprint density at radius 3 is 2.45 bits per heavy atom. The Morgan fingerprint density at radius 1 is 1.05 bits per heavy atom. The zero-order valence-electron chi connectivity index (χ0n) is 12.8. The molecule has 2 rings (SSSR count). The molecule has 0 bridgehead atoms. The van der Waals surface area contributed by atoms with Crippen LogP contribution in [0.2, 0.25) is 0 Å². The predicted octanol–water partition coefficient (Wildman–Crippen LogP) is 3.96. The first kappa shape index (κ1) is 15.0. The van der Waals surface area contributed by atoms with E-state index >= 15 is 0 Å². The molecule has 0 aliphatic heterocycles. The van der Waals surface area contributed by atoms with Gasteiger partial charge in [-0.25, -0.2) is 0 Å². The zero-order valence-corrected chi connectivity index (χ0v) is 12.8. The second-order valence-corrected chi connectivity index (χ2v) is 5.76. The molecule has 0 radical (unpaired) electrons. The van der Waals surface area contributed by atoms with Gasteiger partial charge in [-0.05, 0) is 43.1 Å². The summed E-state index contributed by atoms with van der Waals surface area (Å²) in [5, 5.41) is 2.55. The largest absolute Gasteiger partial charge is 0.323 e. The second kappa shape index (κ2) is 6.87. The minimum absolute atomic E-state index is 0.0649. The Kier molecular flexibility index (Phi) is 5.16. The van der Waals surface area contributed by atoms with Crippen molar-refractivity contribution >= 4 is 10.8 Å². The van der Waals surface area contributed by atoms with Gasteiger partial charge in [0.15, 0.2) is 0 Å². The Balaban J connectivity index is 2.24. The fraction of sp³-hybridized carbons (Fsp3) is 0.444. The van der Waals surface area contributed by atoms with E-state index in [4.69, 9.17) is 5.73 Å². The first-order valence-corrected chi connectivity index (χ1v) is 7.60. The number of nitrogens with zero attached hydrogens (tertiary/aromatic N) is 1. The van der Waals surface area contributed by atoms with Gasteiger partial charge in [-0.3, -0.25) is 4.90 Å². The van der Waals surface area contributed by atoms with Crippen LogP contribution in [0.15, 0.2) is 42.5 Å². The van der Waals surface area contributed by atoms with Crippen molar-refractivity contribution in [3.8, 4) is 0 Å². The lowest BCUT2D eigenvalue weighted by Crippen LogP contribution is -2.37. The number of hydrogen-bond acceptors (Lipinski definition) is 2. The summed E-state index contributed by atoms with van der Waals surface area (Å²) in [6.07, 6.45) is 1.17. The fourth-order valence-electron chi connectivity index (χ4n) is 2.77. The standard InChI is InChI=1S/C18H26N2/c1-4-12-20(14(2)3)13-18(19)17-11-7-9-15-8-5-6-10-16(15)17/h5-11,14,18H,4,12-13,19H2,1-3H3. The smallest absolute Gasteiger partial charge is 0.0430 e. The summed E-state index contributed by atoms with van der Waals surface area (Å²) in [5.74, 6) is 0. The van der Waals surface area contributed by atoms with Gasteiger partial charge in [0.1, 0.15) is 0 Å². The molecule has 0 saturated heterocycles. The molecule has 1 unspecified atom stereocenters. The predicted molar refractivity (Wildman–Crippen MR) is 87.9 cm³/mol. The quantitative estimate of drug-likeness (QED) is 0.861. The van der Waals surface area contributed by atoms with Gasteiger partial charge in [-0.2, -0.15) is 0 Å². The highest BCUT2D eigenvalue weighted by Gasteiger charge is 2.16. The van der Waals surface area contributed by atoms with Crippen LogP contribution in [-0.2, 0) is 0 Å². The molecular weight excluding hydrogens is 244 g/mol. The van der Waals surface area contributed by atoms with E-state index in [0.717, 1.165) is 13.1 Å². The van der Waals surface area contributed by atoms with Crippen molar-refractivity contribution in [2.75, 3.05) is 13.1 Å². The van der Waals surface area contributed by atoms with Crippen molar-refractivity contribution in [2.24, 2.45) is 5.73 Å². The normalized spacial score (nSPS) is 13.3. The van der Waals surface area contributed by atoms with Gasteiger partial charge in [0.25, 0.3) is 0 Å². The van der Waals surface area contributed by atoms with Crippen LogP contribution in [-0.4, -0.2) is 24.0 Å². The van der Waals surface area contributed by atoms with Crippen LogP contribution in [0.3, 0.4) is 0 Å². The Labute approximate surface area is 122 Å². The average Bonchev–Trinajstić information content (AvgIpc) is 2.46. The molecule has 20 heavy (non-hydrogen) atoms. The minimum Gasteiger partial charge on any atom is -0.323 e. The van der Waals surface area contributed by atoms with E-state index in [0.29, 0.717) is 6.04 Å². The van der Waals surface area contributed by atoms with Crippen molar-refractivity contribution in [3.63, 3.8) is 0 Å². The summed E-state index contributed by atoms with van der Waals surface area (Å²) in [6.45, 7) is 8.73. The molecular formula is C18H26N2. The van der Waals surface area contributed by atoms with Gasteiger partial charge in [-0.1, -0.05) is 49.4 Å². The van der Waals surface area contributed by atoms with Crippen LogP contribution in [0.1, 0.15) is 38.8 Å². The van der Waals surface area contributed by atoms with Crippen LogP contribution in [0.4, 0.5) is 0 Å². The summed E-state index contributed by atoms with van der Waals surface area (Å²) in [6, 6.07) is 15.5. The lowest BCUT2D eigenvalue weighted by atomic mass is 9.98. The Hall–Kier alpha value is -1.38. The van der Waals surface area contributed by atoms with E-state index in [1.807, 2.05) is 0 Å². The second-order valence-electron chi connectivity index (χ2n) is 5.76. The molecule has 0 aliphatic rings. The van der Waals surface area contributed by atoms with Gasteiger partial charge in [-0.15, -0.1) is 0 Å². The van der Waals surface area contributed by atoms with Crippen molar-refractivity contribution in [2.45, 2.75) is 39.3 Å². The van der Waals surface area contributed by atoms with E-state index in [1.165, 1.54) is 22.8 Å². The van der Waals surface area contributed by atoms with Crippen LogP contribution in [0.5, 0.6) is 0 Å². The molecule has 0 amide bonds. The first-order valence-electron chi connectivity index (χ1n) is 7.60. The van der Waals surface area contributed by atoms with Crippen molar-refractivity contribution in [1.82, 2.24) is 4.90 Å². The number of hydrogen-bond donors (Lipinski definition) is 1. The van der Waals surface area contributed by atoms with Crippen LogP contribution in [0, 0.1) is 0 Å². The monoisotopic (exact) mass is 270 g/mol. The third kappa shape index (κ3) is 3.38. The molecule has 0 spiro atoms. The molecule has 1 atom stereocenters. The molecule has 0 aliphatic carbocycles. The van der Waals surface area contributed by atoms with Crippen molar-refractivity contribution in [3.05, 3.63) is 48.0 Å². The molecule has 0 heterocycles. The molecule has 2 N–H and O–H groups in total. The summed E-state index contributed by atoms with van der Waals surface area (Å²) in [5.41, 5.74) is 7.74. The molecule has 2 aromatic rings. The summed E-state index contributed by atoms with van der Waals surface area (Å²) < 4.78 is 0. The van der Waals surface area contributed by atoms with E-state index in [9.17, 15) is 0 Å². The third-order valence-corrected chi connectivity index (χ3v) is 3.90. The number of nitrogens with two attached hydrogens (primary N) is 1. The first-order chi connectivity index (χ1) is 9.63. The van der Waals surface area contributed by atoms with Crippen LogP contribution in [0.25, 0.3) is 10.8 Å². The maximum Gasteiger partial charge on any atom is 0.0430 e. The Morgan fingerprint density at radius 2 is 1.75 bits per heavy atom. The summed E-state index contributed by atoms with van der Waals surface area (Å²) in [4.78, 5) is 2.46. The highest BCUT2D eigenvalue weighted by atomic mass is 15.2. The zero-order chi connectivity index (χ0) is 14.5. The molecule has 108 valence electrons. The highest BCUT2D eigenvalue weighted by molar-refractivity contribution is 5.86. The summed E-state index contributed by atoms with van der Waals surface area (Å²) in [7, 11) is 0. The molecule has 2 heteroatoms. The molecule has 2 aromatic carbocycles. The molecule has 0 aromatic heterocycles. The van der Waals surface area contributed by atoms with E-state index in [-0.39, 0.29) is 6.04 Å². The van der Waals surface area contributed by atoms with Gasteiger partial charge in [0.05, 0.1) is 0 Å². The van der Waals surface area contributed by atoms with Crippen molar-refractivity contribution in [1.29, 1.82) is 0 Å². The molecule has 0 saturated carbocycles. The molecule has 0 fully saturated rings. The topological polar surface area (TPSA) is 29.3 Å². The number of fused-ring (bicyclic) bond motifs is 1. The maximum absolute atomic E-state index is 6.49. The Bertz CT molecular complexity index is 543. The van der Waals surface area contributed by atoms with Gasteiger partial charge < -0.3 is 5.73 Å². The lowest BCUT2D eigenvalue weighted by molar-refractivity contribution is 0.209. The fourth-order valence-corrected chi connectivity index (χ4v) is 2.77. The van der Waals surface area contributed by atoms with Crippen LogP contribution >= 0.6 is 0 Å². The van der Waals surface area contributed by atoms with Gasteiger partial charge in [0, 0.05) is 18.6 Å². The third-order valence-electron chi connectivity index (χ3n) is 3.90. The summed E-state index contributed by atoms with van der Waals surface area (Å²) >= 11 is 0. The molecule has 2 nitrogen and oxygen atoms in total. The van der Waals surface area contributed by atoms with Crippen LogP contribution < -0.4 is 5.73 Å². The van der Waals surface area contributed by atoms with E-state index < -0.39 is 0 Å². The SMILES string of the molecule is CCCN(CC(N)c1cccc2ccccc12)C(C)C. The van der Waals surface area contributed by atoms with E-state index in [1.54, 1.807) is 0 Å². The lowest BCUT2D eigenvalue weighted by Gasteiger charge is -2.29. The number of benzene rings is 2. The van der Waals surface area contributed by atoms with Gasteiger partial charge >= 0.3 is 0 Å². The minimum atomic E-state index is 0.0649. The average molecular weight is 270 g/mol. The maximum atomic E-state index is 6.49. The number of rotatable bonds is 6. The van der Waals surface area contributed by atoms with Gasteiger partial charge in [0.2, 0.25) is 0 Å². The highest BCUT2D eigenvalue weighted by Crippen LogP contribution is 2.24. The van der Waals surface area contributed by atoms with E-state index in [2.05, 4.69) is 68.1 Å².